The second kappa shape index (κ2) is 7.70. The van der Waals surface area contributed by atoms with Crippen molar-refractivity contribution in [3.8, 4) is 22.0 Å². The molecular formula is C20H20N4OS2. The van der Waals surface area contributed by atoms with Crippen LogP contribution in [0.5, 0.6) is 0 Å². The molecule has 0 spiro atoms. The summed E-state index contributed by atoms with van der Waals surface area (Å²) in [5.41, 5.74) is 6.70. The number of carbonyl (C=O) groups is 1. The van der Waals surface area contributed by atoms with E-state index in [1.165, 1.54) is 0 Å². The largest absolute Gasteiger partial charge is 0.339 e. The van der Waals surface area contributed by atoms with Gasteiger partial charge in [-0.2, -0.15) is 0 Å². The van der Waals surface area contributed by atoms with E-state index < -0.39 is 0 Å². The number of nitrogens with one attached hydrogen (secondary N) is 1. The maximum atomic E-state index is 11.9. The van der Waals surface area contributed by atoms with Gasteiger partial charge in [-0.05, 0) is 25.5 Å². The van der Waals surface area contributed by atoms with Gasteiger partial charge in [-0.3, -0.25) is 4.79 Å². The van der Waals surface area contributed by atoms with Gasteiger partial charge in [-0.1, -0.05) is 13.0 Å². The molecule has 5 nitrogen and oxygen atoms in total. The number of H-pyrrole nitrogens is 1. The normalized spacial score (nSPS) is 11.3. The minimum absolute atomic E-state index is 0.285. The van der Waals surface area contributed by atoms with Crippen molar-refractivity contribution in [2.75, 3.05) is 0 Å². The number of imidazole rings is 1. The maximum absolute atomic E-state index is 11.9. The third kappa shape index (κ3) is 3.84. The van der Waals surface area contributed by atoms with Crippen molar-refractivity contribution < 1.29 is 4.79 Å². The van der Waals surface area contributed by atoms with Gasteiger partial charge in [0.25, 0.3) is 0 Å². The number of rotatable bonds is 7. The van der Waals surface area contributed by atoms with Crippen molar-refractivity contribution in [3.63, 3.8) is 0 Å². The van der Waals surface area contributed by atoms with Crippen LogP contribution < -0.4 is 0 Å². The van der Waals surface area contributed by atoms with Gasteiger partial charge in [0.05, 0.1) is 21.4 Å². The Hall–Kier alpha value is -2.38. The minimum atomic E-state index is 0.285. The first kappa shape index (κ1) is 18.0. The molecule has 0 unspecified atom stereocenters. The van der Waals surface area contributed by atoms with E-state index in [9.17, 15) is 4.79 Å². The number of benzene rings is 1. The van der Waals surface area contributed by atoms with Crippen molar-refractivity contribution in [3.05, 3.63) is 40.6 Å². The van der Waals surface area contributed by atoms with E-state index in [0.29, 0.717) is 19.3 Å². The molecule has 138 valence electrons. The number of ketones is 1. The van der Waals surface area contributed by atoms with Crippen molar-refractivity contribution in [1.82, 2.24) is 19.9 Å². The van der Waals surface area contributed by atoms with E-state index in [0.717, 1.165) is 50.1 Å². The Morgan fingerprint density at radius 3 is 2.85 bits per heavy atom. The van der Waals surface area contributed by atoms with E-state index in [1.54, 1.807) is 22.7 Å². The molecule has 0 atom stereocenters. The minimum Gasteiger partial charge on any atom is -0.339 e. The smallest absolute Gasteiger partial charge is 0.142 e. The first-order valence-corrected chi connectivity index (χ1v) is 10.8. The quantitative estimate of drug-likeness (QED) is 0.453. The van der Waals surface area contributed by atoms with E-state index >= 15 is 0 Å². The number of carbonyl (C=O) groups excluding carboxylic acids is 1. The third-order valence-electron chi connectivity index (χ3n) is 4.36. The standard InChI is InChI=1S/C20H20N4OS2/c1-3-4-14(25)6-8-17-23-18(19(24-17)20-22-12(2)10-26-20)13-5-7-15-16(9-13)27-11-21-15/h5,7,9-11H,3-4,6,8H2,1-2H3,(H,23,24). The molecule has 0 radical (unpaired) electrons. The zero-order valence-electron chi connectivity index (χ0n) is 15.3. The Morgan fingerprint density at radius 1 is 1.19 bits per heavy atom. The molecule has 0 aliphatic rings. The zero-order chi connectivity index (χ0) is 18.8. The molecule has 27 heavy (non-hydrogen) atoms. The Bertz CT molecular complexity index is 1090. The highest BCUT2D eigenvalue weighted by Crippen LogP contribution is 2.34. The molecule has 0 aliphatic carbocycles. The van der Waals surface area contributed by atoms with Crippen molar-refractivity contribution in [1.29, 1.82) is 0 Å². The topological polar surface area (TPSA) is 71.5 Å². The van der Waals surface area contributed by atoms with Crippen LogP contribution in [0.4, 0.5) is 0 Å². The van der Waals surface area contributed by atoms with Crippen LogP contribution in [-0.4, -0.2) is 25.7 Å². The third-order valence-corrected chi connectivity index (χ3v) is 6.13. The molecule has 1 aromatic carbocycles. The molecule has 0 bridgehead atoms. The number of Topliss-reactive ketones (excluding diaryl/α,β-unsaturated/α-hetero) is 1. The Labute approximate surface area is 165 Å². The predicted molar refractivity (Wildman–Crippen MR) is 111 cm³/mol. The van der Waals surface area contributed by atoms with Crippen LogP contribution in [0.3, 0.4) is 0 Å². The van der Waals surface area contributed by atoms with Gasteiger partial charge < -0.3 is 4.98 Å². The second-order valence-electron chi connectivity index (χ2n) is 6.52. The van der Waals surface area contributed by atoms with Crippen molar-refractivity contribution >= 4 is 38.7 Å². The van der Waals surface area contributed by atoms with Crippen LogP contribution >= 0.6 is 22.7 Å². The number of fused-ring (bicyclic) bond motifs is 1. The second-order valence-corrected chi connectivity index (χ2v) is 8.27. The highest BCUT2D eigenvalue weighted by atomic mass is 32.1. The lowest BCUT2D eigenvalue weighted by Crippen LogP contribution is -2.00. The molecule has 4 aromatic rings. The van der Waals surface area contributed by atoms with E-state index in [4.69, 9.17) is 4.98 Å². The summed E-state index contributed by atoms with van der Waals surface area (Å²) in [6, 6.07) is 6.20. The summed E-state index contributed by atoms with van der Waals surface area (Å²) in [6.45, 7) is 4.02. The highest BCUT2D eigenvalue weighted by Gasteiger charge is 2.18. The van der Waals surface area contributed by atoms with Crippen molar-refractivity contribution in [2.45, 2.75) is 39.5 Å². The summed E-state index contributed by atoms with van der Waals surface area (Å²) in [5, 5.41) is 2.96. The average Bonchev–Trinajstić information content (AvgIpc) is 3.38. The van der Waals surface area contributed by atoms with Crippen LogP contribution in [0.15, 0.2) is 29.1 Å². The number of hydrogen-bond donors (Lipinski definition) is 1. The maximum Gasteiger partial charge on any atom is 0.142 e. The number of aryl methyl sites for hydroxylation is 2. The summed E-state index contributed by atoms with van der Waals surface area (Å²) in [6.07, 6.45) is 2.67. The number of aromatic nitrogens is 4. The van der Waals surface area contributed by atoms with Crippen LogP contribution in [0, 0.1) is 6.92 Å². The molecule has 1 N–H and O–H groups in total. The molecule has 3 heterocycles. The fraction of sp³-hybridized carbons (Fsp3) is 0.300. The summed E-state index contributed by atoms with van der Waals surface area (Å²) < 4.78 is 1.14. The summed E-state index contributed by atoms with van der Waals surface area (Å²) in [7, 11) is 0. The average molecular weight is 397 g/mol. The lowest BCUT2D eigenvalue weighted by atomic mass is 10.1. The number of nitrogens with zero attached hydrogens (tertiary/aromatic N) is 3. The molecule has 0 amide bonds. The fourth-order valence-corrected chi connectivity index (χ4v) is 4.55. The number of hydrogen-bond acceptors (Lipinski definition) is 6. The molecular weight excluding hydrogens is 376 g/mol. The fourth-order valence-electron chi connectivity index (χ4n) is 3.04. The zero-order valence-corrected chi connectivity index (χ0v) is 16.9. The predicted octanol–water partition coefficient (Wildman–Crippen LogP) is 5.42. The van der Waals surface area contributed by atoms with Crippen LogP contribution in [0.25, 0.3) is 32.2 Å². The van der Waals surface area contributed by atoms with Crippen LogP contribution in [-0.2, 0) is 11.2 Å². The Morgan fingerprint density at radius 2 is 2.07 bits per heavy atom. The molecule has 7 heteroatoms. The SMILES string of the molecule is CCCC(=O)CCc1nc(-c2ccc3ncsc3c2)c(-c2nc(C)cs2)[nH]1. The number of thiazole rings is 2. The van der Waals surface area contributed by atoms with Crippen LogP contribution in [0.1, 0.15) is 37.7 Å². The van der Waals surface area contributed by atoms with E-state index in [1.807, 2.05) is 36.9 Å². The lowest BCUT2D eigenvalue weighted by molar-refractivity contribution is -0.119. The monoisotopic (exact) mass is 396 g/mol. The highest BCUT2D eigenvalue weighted by molar-refractivity contribution is 7.16. The Balaban J connectivity index is 1.72. The van der Waals surface area contributed by atoms with E-state index in [-0.39, 0.29) is 5.78 Å². The molecule has 3 aromatic heterocycles. The summed E-state index contributed by atoms with van der Waals surface area (Å²) in [4.78, 5) is 29.1. The van der Waals surface area contributed by atoms with Gasteiger partial charge in [0.1, 0.15) is 22.3 Å². The molecule has 4 rings (SSSR count). The van der Waals surface area contributed by atoms with E-state index in [2.05, 4.69) is 21.0 Å². The van der Waals surface area contributed by atoms with Gasteiger partial charge in [-0.15, -0.1) is 22.7 Å². The molecule has 0 saturated carbocycles. The van der Waals surface area contributed by atoms with Crippen molar-refractivity contribution in [2.24, 2.45) is 0 Å². The lowest BCUT2D eigenvalue weighted by Gasteiger charge is -2.00. The van der Waals surface area contributed by atoms with Crippen LogP contribution in [0.2, 0.25) is 0 Å². The number of aromatic amines is 1. The Kier molecular flexibility index (Phi) is 5.13. The first-order chi connectivity index (χ1) is 13.1. The molecule has 0 fully saturated rings. The van der Waals surface area contributed by atoms with Gasteiger partial charge >= 0.3 is 0 Å². The first-order valence-electron chi connectivity index (χ1n) is 9.00. The van der Waals surface area contributed by atoms with Gasteiger partial charge in [-0.25, -0.2) is 15.0 Å². The van der Waals surface area contributed by atoms with Gasteiger partial charge in [0.2, 0.25) is 0 Å². The summed E-state index contributed by atoms with van der Waals surface area (Å²) in [5.74, 6) is 1.12. The molecule has 0 aliphatic heterocycles. The summed E-state index contributed by atoms with van der Waals surface area (Å²) >= 11 is 3.23. The van der Waals surface area contributed by atoms with Gasteiger partial charge in [0.15, 0.2) is 0 Å². The molecule has 0 saturated heterocycles. The van der Waals surface area contributed by atoms with Gasteiger partial charge in [0, 0.05) is 35.9 Å².